The van der Waals surface area contributed by atoms with Crippen LogP contribution in [0.2, 0.25) is 0 Å². The van der Waals surface area contributed by atoms with E-state index in [1.54, 1.807) is 12.3 Å². The molecule has 5 heteroatoms. The highest BCUT2D eigenvalue weighted by Gasteiger charge is 2.13. The van der Waals surface area contributed by atoms with Crippen LogP contribution in [0.15, 0.2) is 95.3 Å². The molecule has 0 saturated heterocycles. The minimum absolute atomic E-state index is 0.448. The van der Waals surface area contributed by atoms with Crippen molar-refractivity contribution < 1.29 is 0 Å². The Labute approximate surface area is 145 Å². The van der Waals surface area contributed by atoms with Gasteiger partial charge in [0.25, 0.3) is 0 Å². The second-order valence-corrected chi connectivity index (χ2v) is 5.40. The SMILES string of the molecule is c1ccc(-c2nc(/N=N/c3ccccn3)[nH]c2-c2ccccc2)cc1. The molecule has 0 unspecified atom stereocenters. The van der Waals surface area contributed by atoms with E-state index in [0.717, 1.165) is 22.5 Å². The lowest BCUT2D eigenvalue weighted by Gasteiger charge is -2.02. The van der Waals surface area contributed by atoms with Gasteiger partial charge < -0.3 is 4.98 Å². The second-order valence-electron chi connectivity index (χ2n) is 5.40. The molecular formula is C20H15N5. The van der Waals surface area contributed by atoms with Crippen molar-refractivity contribution in [1.82, 2.24) is 15.0 Å². The van der Waals surface area contributed by atoms with Crippen LogP contribution in [0.25, 0.3) is 22.5 Å². The number of imidazole rings is 1. The van der Waals surface area contributed by atoms with Crippen molar-refractivity contribution in [2.45, 2.75) is 0 Å². The fourth-order valence-electron chi connectivity index (χ4n) is 2.54. The van der Waals surface area contributed by atoms with Gasteiger partial charge in [-0.3, -0.25) is 0 Å². The minimum Gasteiger partial charge on any atom is -0.320 e. The van der Waals surface area contributed by atoms with Crippen molar-refractivity contribution in [3.8, 4) is 22.5 Å². The molecular weight excluding hydrogens is 310 g/mol. The highest BCUT2D eigenvalue weighted by Crippen LogP contribution is 2.32. The van der Waals surface area contributed by atoms with Crippen LogP contribution in [-0.2, 0) is 0 Å². The molecule has 2 aromatic carbocycles. The lowest BCUT2D eigenvalue weighted by atomic mass is 10.1. The van der Waals surface area contributed by atoms with Crippen LogP contribution < -0.4 is 0 Å². The maximum absolute atomic E-state index is 4.63. The number of H-pyrrole nitrogens is 1. The summed E-state index contributed by atoms with van der Waals surface area (Å²) in [6, 6.07) is 25.6. The largest absolute Gasteiger partial charge is 0.320 e. The number of hydrogen-bond donors (Lipinski definition) is 1. The molecule has 0 spiro atoms. The number of azo groups is 1. The van der Waals surface area contributed by atoms with Crippen LogP contribution in [0.4, 0.5) is 11.8 Å². The maximum atomic E-state index is 4.63. The monoisotopic (exact) mass is 325 g/mol. The molecule has 2 heterocycles. The minimum atomic E-state index is 0.448. The van der Waals surface area contributed by atoms with E-state index in [1.165, 1.54) is 0 Å². The summed E-state index contributed by atoms with van der Waals surface area (Å²) in [6.07, 6.45) is 1.68. The van der Waals surface area contributed by atoms with E-state index in [2.05, 4.69) is 25.2 Å². The first-order chi connectivity index (χ1) is 12.4. The topological polar surface area (TPSA) is 66.3 Å². The van der Waals surface area contributed by atoms with Gasteiger partial charge >= 0.3 is 0 Å². The van der Waals surface area contributed by atoms with Gasteiger partial charge in [0.1, 0.15) is 0 Å². The Hall–Kier alpha value is -3.60. The summed E-state index contributed by atoms with van der Waals surface area (Å²) in [5.41, 5.74) is 3.84. The number of nitrogens with zero attached hydrogens (tertiary/aromatic N) is 4. The normalized spacial score (nSPS) is 11.0. The zero-order chi connectivity index (χ0) is 16.9. The second kappa shape index (κ2) is 6.88. The molecule has 0 aliphatic carbocycles. The van der Waals surface area contributed by atoms with Gasteiger partial charge in [-0.15, -0.1) is 10.2 Å². The summed E-state index contributed by atoms with van der Waals surface area (Å²) < 4.78 is 0. The predicted molar refractivity (Wildman–Crippen MR) is 97.9 cm³/mol. The first kappa shape index (κ1) is 15.0. The van der Waals surface area contributed by atoms with Gasteiger partial charge in [0, 0.05) is 17.3 Å². The molecule has 0 fully saturated rings. The van der Waals surface area contributed by atoms with Crippen molar-refractivity contribution in [2.24, 2.45) is 10.2 Å². The lowest BCUT2D eigenvalue weighted by Crippen LogP contribution is -1.82. The van der Waals surface area contributed by atoms with E-state index in [1.807, 2.05) is 72.8 Å². The maximum Gasteiger partial charge on any atom is 0.247 e. The summed E-state index contributed by atoms with van der Waals surface area (Å²) in [5, 5.41) is 8.34. The number of nitrogens with one attached hydrogen (secondary N) is 1. The molecule has 0 atom stereocenters. The van der Waals surface area contributed by atoms with E-state index in [0.29, 0.717) is 11.8 Å². The van der Waals surface area contributed by atoms with E-state index >= 15 is 0 Å². The Balaban J connectivity index is 1.77. The van der Waals surface area contributed by atoms with E-state index in [9.17, 15) is 0 Å². The number of aromatic nitrogens is 3. The van der Waals surface area contributed by atoms with Crippen LogP contribution in [0, 0.1) is 0 Å². The summed E-state index contributed by atoms with van der Waals surface area (Å²) in [6.45, 7) is 0. The fraction of sp³-hybridized carbons (Fsp3) is 0. The third kappa shape index (κ3) is 3.35. The summed E-state index contributed by atoms with van der Waals surface area (Å²) in [7, 11) is 0. The molecule has 4 aromatic rings. The van der Waals surface area contributed by atoms with E-state index in [4.69, 9.17) is 0 Å². The van der Waals surface area contributed by atoms with Crippen molar-refractivity contribution in [3.05, 3.63) is 85.1 Å². The third-order valence-corrected chi connectivity index (χ3v) is 3.70. The quantitative estimate of drug-likeness (QED) is 0.500. The summed E-state index contributed by atoms with van der Waals surface area (Å²) >= 11 is 0. The molecule has 4 rings (SSSR count). The molecule has 0 aliphatic heterocycles. The third-order valence-electron chi connectivity index (χ3n) is 3.70. The Bertz CT molecular complexity index is 920. The van der Waals surface area contributed by atoms with Crippen LogP contribution in [-0.4, -0.2) is 15.0 Å². The van der Waals surface area contributed by atoms with Crippen molar-refractivity contribution in [1.29, 1.82) is 0 Å². The van der Waals surface area contributed by atoms with Crippen molar-refractivity contribution in [2.75, 3.05) is 0 Å². The molecule has 0 bridgehead atoms. The Kier molecular flexibility index (Phi) is 4.12. The number of hydrogen-bond acceptors (Lipinski definition) is 4. The zero-order valence-electron chi connectivity index (χ0n) is 13.4. The zero-order valence-corrected chi connectivity index (χ0v) is 13.4. The Morgan fingerprint density at radius 2 is 1.36 bits per heavy atom. The van der Waals surface area contributed by atoms with Gasteiger partial charge in [0.05, 0.1) is 11.4 Å². The van der Waals surface area contributed by atoms with Gasteiger partial charge in [0.2, 0.25) is 5.95 Å². The predicted octanol–water partition coefficient (Wildman–Crippen LogP) is 5.55. The van der Waals surface area contributed by atoms with Crippen LogP contribution >= 0.6 is 0 Å². The van der Waals surface area contributed by atoms with Gasteiger partial charge in [-0.1, -0.05) is 66.7 Å². The molecule has 0 saturated carbocycles. The lowest BCUT2D eigenvalue weighted by molar-refractivity contribution is 1.09. The van der Waals surface area contributed by atoms with Gasteiger partial charge in [-0.25, -0.2) is 9.97 Å². The van der Waals surface area contributed by atoms with Gasteiger partial charge in [0.15, 0.2) is 5.82 Å². The van der Waals surface area contributed by atoms with Gasteiger partial charge in [-0.2, -0.15) is 0 Å². The Morgan fingerprint density at radius 1 is 0.680 bits per heavy atom. The summed E-state index contributed by atoms with van der Waals surface area (Å²) in [4.78, 5) is 12.0. The highest BCUT2D eigenvalue weighted by atomic mass is 15.2. The smallest absolute Gasteiger partial charge is 0.247 e. The number of pyridine rings is 1. The molecule has 1 N–H and O–H groups in total. The molecule has 0 radical (unpaired) electrons. The Morgan fingerprint density at radius 3 is 2.04 bits per heavy atom. The van der Waals surface area contributed by atoms with Crippen LogP contribution in [0.3, 0.4) is 0 Å². The van der Waals surface area contributed by atoms with Crippen molar-refractivity contribution in [3.63, 3.8) is 0 Å². The number of aromatic amines is 1. The number of rotatable bonds is 4. The molecule has 0 amide bonds. The highest BCUT2D eigenvalue weighted by molar-refractivity contribution is 5.79. The van der Waals surface area contributed by atoms with Crippen LogP contribution in [0.1, 0.15) is 0 Å². The average molecular weight is 325 g/mol. The molecule has 5 nitrogen and oxygen atoms in total. The van der Waals surface area contributed by atoms with E-state index < -0.39 is 0 Å². The molecule has 2 aromatic heterocycles. The first-order valence-corrected chi connectivity index (χ1v) is 7.94. The molecule has 0 aliphatic rings. The summed E-state index contributed by atoms with van der Waals surface area (Å²) in [5.74, 6) is 0.991. The standard InChI is InChI=1S/C20H15N5/c1-3-9-15(10-4-1)18-19(16-11-5-2-6-12-16)23-20(22-18)25-24-17-13-7-8-14-21-17/h1-14H,(H,22,23)/b25-24+. The molecule has 25 heavy (non-hydrogen) atoms. The van der Waals surface area contributed by atoms with Gasteiger partial charge in [-0.05, 0) is 12.1 Å². The van der Waals surface area contributed by atoms with Crippen LogP contribution in [0.5, 0.6) is 0 Å². The molecule has 120 valence electrons. The number of benzene rings is 2. The first-order valence-electron chi connectivity index (χ1n) is 7.94. The van der Waals surface area contributed by atoms with E-state index in [-0.39, 0.29) is 0 Å². The van der Waals surface area contributed by atoms with Crippen molar-refractivity contribution >= 4 is 11.8 Å². The fourth-order valence-corrected chi connectivity index (χ4v) is 2.54. The average Bonchev–Trinajstić information content (AvgIpc) is 3.13.